The summed E-state index contributed by atoms with van der Waals surface area (Å²) in [6.45, 7) is 3.88. The zero-order valence-electron chi connectivity index (χ0n) is 11.3. The van der Waals surface area contributed by atoms with Crippen LogP contribution in [-0.4, -0.2) is 6.54 Å². The summed E-state index contributed by atoms with van der Waals surface area (Å²) in [7, 11) is 0. The van der Waals surface area contributed by atoms with Crippen LogP contribution in [0.2, 0.25) is 0 Å². The smallest absolute Gasteiger partial charge is 0.123 e. The van der Waals surface area contributed by atoms with E-state index in [-0.39, 0.29) is 5.82 Å². The zero-order chi connectivity index (χ0) is 12.8. The summed E-state index contributed by atoms with van der Waals surface area (Å²) < 4.78 is 13.1. The largest absolute Gasteiger partial charge is 0.313 e. The molecule has 2 heteroatoms. The molecule has 1 aromatic carbocycles. The van der Waals surface area contributed by atoms with Crippen LogP contribution in [0.1, 0.15) is 49.7 Å². The first-order chi connectivity index (χ1) is 8.75. The first kappa shape index (κ1) is 13.5. The molecule has 1 aliphatic carbocycles. The van der Waals surface area contributed by atoms with Crippen LogP contribution in [0.4, 0.5) is 4.39 Å². The monoisotopic (exact) mass is 249 g/mol. The zero-order valence-corrected chi connectivity index (χ0v) is 11.3. The first-order valence-corrected chi connectivity index (χ1v) is 7.21. The molecule has 0 saturated heterocycles. The highest BCUT2D eigenvalue weighted by atomic mass is 19.1. The average molecular weight is 249 g/mol. The van der Waals surface area contributed by atoms with Gasteiger partial charge in [-0.3, -0.25) is 0 Å². The van der Waals surface area contributed by atoms with Gasteiger partial charge in [-0.2, -0.15) is 0 Å². The molecule has 0 unspecified atom stereocenters. The molecule has 0 heterocycles. The number of aryl methyl sites for hydroxylation is 1. The molecule has 1 aromatic rings. The summed E-state index contributed by atoms with van der Waals surface area (Å²) >= 11 is 0. The van der Waals surface area contributed by atoms with Gasteiger partial charge in [-0.1, -0.05) is 38.2 Å². The normalized spacial score (nSPS) is 17.0. The van der Waals surface area contributed by atoms with Gasteiger partial charge in [0.25, 0.3) is 0 Å². The molecule has 0 aromatic heterocycles. The number of hydrogen-bond acceptors (Lipinski definition) is 1. The third-order valence-corrected chi connectivity index (χ3v) is 4.08. The van der Waals surface area contributed by atoms with Crippen LogP contribution in [-0.2, 0) is 6.54 Å². The molecule has 0 aliphatic heterocycles. The molecule has 0 radical (unpaired) electrons. The van der Waals surface area contributed by atoms with Crippen molar-refractivity contribution in [1.29, 1.82) is 0 Å². The van der Waals surface area contributed by atoms with Crippen LogP contribution in [0.3, 0.4) is 0 Å². The third kappa shape index (κ3) is 4.09. The standard InChI is InChI=1S/C16H24FN/c1-13-7-8-16(17)11-15(13)12-18-10-9-14-5-3-2-4-6-14/h7-8,11,14,18H,2-6,9-10,12H2,1H3. The van der Waals surface area contributed by atoms with E-state index in [4.69, 9.17) is 0 Å². The second-order valence-electron chi connectivity index (χ2n) is 5.54. The molecule has 1 nitrogen and oxygen atoms in total. The molecule has 1 N–H and O–H groups in total. The van der Waals surface area contributed by atoms with Crippen LogP contribution in [0, 0.1) is 18.7 Å². The molecular formula is C16H24FN. The molecule has 0 atom stereocenters. The van der Waals surface area contributed by atoms with Crippen LogP contribution in [0.25, 0.3) is 0 Å². The van der Waals surface area contributed by atoms with Gasteiger partial charge in [0.15, 0.2) is 0 Å². The van der Waals surface area contributed by atoms with Gasteiger partial charge in [0.05, 0.1) is 0 Å². The Kier molecular flexibility index (Phi) is 5.18. The predicted molar refractivity (Wildman–Crippen MR) is 74.0 cm³/mol. The minimum absolute atomic E-state index is 0.135. The van der Waals surface area contributed by atoms with E-state index in [0.29, 0.717) is 0 Å². The predicted octanol–water partition coefficient (Wildman–Crippen LogP) is 4.19. The Labute approximate surface area is 110 Å². The fourth-order valence-corrected chi connectivity index (χ4v) is 2.84. The van der Waals surface area contributed by atoms with Crippen LogP contribution < -0.4 is 5.32 Å². The van der Waals surface area contributed by atoms with Crippen LogP contribution >= 0.6 is 0 Å². The third-order valence-electron chi connectivity index (χ3n) is 4.08. The lowest BCUT2D eigenvalue weighted by Gasteiger charge is -2.21. The van der Waals surface area contributed by atoms with Gasteiger partial charge in [-0.05, 0) is 49.1 Å². The molecule has 100 valence electrons. The van der Waals surface area contributed by atoms with E-state index in [1.807, 2.05) is 13.0 Å². The summed E-state index contributed by atoms with van der Waals surface area (Å²) in [5, 5.41) is 3.45. The summed E-state index contributed by atoms with van der Waals surface area (Å²) in [6.07, 6.45) is 8.32. The molecule has 1 saturated carbocycles. The van der Waals surface area contributed by atoms with Crippen molar-refractivity contribution in [3.8, 4) is 0 Å². The fourth-order valence-electron chi connectivity index (χ4n) is 2.84. The lowest BCUT2D eigenvalue weighted by molar-refractivity contribution is 0.334. The Morgan fingerprint density at radius 2 is 2.00 bits per heavy atom. The number of benzene rings is 1. The Bertz CT molecular complexity index is 369. The van der Waals surface area contributed by atoms with Crippen molar-refractivity contribution in [3.63, 3.8) is 0 Å². The maximum absolute atomic E-state index is 13.1. The lowest BCUT2D eigenvalue weighted by Crippen LogP contribution is -2.19. The highest BCUT2D eigenvalue weighted by Crippen LogP contribution is 2.25. The molecular weight excluding hydrogens is 225 g/mol. The van der Waals surface area contributed by atoms with Gasteiger partial charge in [-0.15, -0.1) is 0 Å². The van der Waals surface area contributed by atoms with Gasteiger partial charge in [-0.25, -0.2) is 4.39 Å². The summed E-state index contributed by atoms with van der Waals surface area (Å²) in [5.41, 5.74) is 2.25. The van der Waals surface area contributed by atoms with Crippen molar-refractivity contribution in [2.24, 2.45) is 5.92 Å². The highest BCUT2D eigenvalue weighted by Gasteiger charge is 2.12. The van der Waals surface area contributed by atoms with Gasteiger partial charge in [0.2, 0.25) is 0 Å². The number of hydrogen-bond donors (Lipinski definition) is 1. The van der Waals surface area contributed by atoms with Crippen molar-refractivity contribution in [2.45, 2.75) is 52.0 Å². The Balaban J connectivity index is 1.69. The van der Waals surface area contributed by atoms with E-state index in [0.717, 1.165) is 24.6 Å². The molecule has 1 aliphatic rings. The van der Waals surface area contributed by atoms with E-state index in [2.05, 4.69) is 5.32 Å². The quantitative estimate of drug-likeness (QED) is 0.771. The lowest BCUT2D eigenvalue weighted by atomic mass is 9.87. The van der Waals surface area contributed by atoms with E-state index >= 15 is 0 Å². The second-order valence-corrected chi connectivity index (χ2v) is 5.54. The van der Waals surface area contributed by atoms with E-state index in [9.17, 15) is 4.39 Å². The molecule has 1 fully saturated rings. The van der Waals surface area contributed by atoms with Crippen molar-refractivity contribution < 1.29 is 4.39 Å². The van der Waals surface area contributed by atoms with Crippen molar-refractivity contribution >= 4 is 0 Å². The van der Waals surface area contributed by atoms with E-state index in [1.165, 1.54) is 50.2 Å². The maximum atomic E-state index is 13.1. The fraction of sp³-hybridized carbons (Fsp3) is 0.625. The summed E-state index contributed by atoms with van der Waals surface area (Å²) in [6, 6.07) is 5.03. The van der Waals surface area contributed by atoms with E-state index < -0.39 is 0 Å². The molecule has 0 amide bonds. The second kappa shape index (κ2) is 6.89. The Morgan fingerprint density at radius 3 is 2.78 bits per heavy atom. The van der Waals surface area contributed by atoms with Crippen LogP contribution in [0.5, 0.6) is 0 Å². The number of nitrogens with one attached hydrogen (secondary N) is 1. The van der Waals surface area contributed by atoms with Gasteiger partial charge in [0, 0.05) is 6.54 Å². The molecule has 18 heavy (non-hydrogen) atoms. The molecule has 0 spiro atoms. The van der Waals surface area contributed by atoms with Crippen molar-refractivity contribution in [3.05, 3.63) is 35.1 Å². The topological polar surface area (TPSA) is 12.0 Å². The average Bonchev–Trinajstić information content (AvgIpc) is 2.40. The maximum Gasteiger partial charge on any atom is 0.123 e. The van der Waals surface area contributed by atoms with Gasteiger partial charge in [0.1, 0.15) is 5.82 Å². The minimum atomic E-state index is -0.135. The van der Waals surface area contributed by atoms with Crippen LogP contribution in [0.15, 0.2) is 18.2 Å². The van der Waals surface area contributed by atoms with Crippen molar-refractivity contribution in [2.75, 3.05) is 6.54 Å². The highest BCUT2D eigenvalue weighted by molar-refractivity contribution is 5.26. The Hall–Kier alpha value is -0.890. The minimum Gasteiger partial charge on any atom is -0.313 e. The number of rotatable bonds is 5. The SMILES string of the molecule is Cc1ccc(F)cc1CNCCC1CCCCC1. The van der Waals surface area contributed by atoms with Crippen molar-refractivity contribution in [1.82, 2.24) is 5.32 Å². The summed E-state index contributed by atoms with van der Waals surface area (Å²) in [4.78, 5) is 0. The number of halogens is 1. The molecule has 2 rings (SSSR count). The first-order valence-electron chi connectivity index (χ1n) is 7.21. The van der Waals surface area contributed by atoms with E-state index in [1.54, 1.807) is 6.07 Å². The Morgan fingerprint density at radius 1 is 1.22 bits per heavy atom. The summed E-state index contributed by atoms with van der Waals surface area (Å²) in [5.74, 6) is 0.782. The van der Waals surface area contributed by atoms with Gasteiger partial charge >= 0.3 is 0 Å². The molecule has 0 bridgehead atoms. The van der Waals surface area contributed by atoms with Gasteiger partial charge < -0.3 is 5.32 Å².